The number of halogens is 1. The van der Waals surface area contributed by atoms with Gasteiger partial charge in [-0.1, -0.05) is 28.9 Å². The molecule has 25 heavy (non-hydrogen) atoms. The Labute approximate surface area is 150 Å². The summed E-state index contributed by atoms with van der Waals surface area (Å²) in [6, 6.07) is 9.64. The number of nitrogens with zero attached hydrogens (tertiary/aromatic N) is 6. The van der Waals surface area contributed by atoms with E-state index in [1.807, 2.05) is 61.3 Å². The Morgan fingerprint density at radius 3 is 2.64 bits per heavy atom. The minimum absolute atomic E-state index is 0.265. The number of hydrogen-bond acceptors (Lipinski definition) is 8. The van der Waals surface area contributed by atoms with Crippen molar-refractivity contribution in [3.8, 4) is 0 Å². The Morgan fingerprint density at radius 1 is 1.16 bits per heavy atom. The lowest BCUT2D eigenvalue weighted by atomic mass is 10.3. The molecule has 1 aromatic carbocycles. The molecule has 0 amide bonds. The summed E-state index contributed by atoms with van der Waals surface area (Å²) in [5.41, 5.74) is 1.66. The molecule has 0 saturated carbocycles. The predicted molar refractivity (Wildman–Crippen MR) is 96.5 cm³/mol. The van der Waals surface area contributed by atoms with Crippen LogP contribution in [0.1, 0.15) is 5.69 Å². The van der Waals surface area contributed by atoms with Crippen LogP contribution in [-0.2, 0) is 6.54 Å². The standard InChI is InChI=1S/C16H18ClN7O/c1-23(2)9-11-8-14(22-16-18-10-19-25-16)21-15(20-11)24(3)13-7-5-4-6-12(13)17/h4-8,10H,9H2,1-3H3,(H,18,19,20,21,22). The van der Waals surface area contributed by atoms with E-state index >= 15 is 0 Å². The minimum Gasteiger partial charge on any atom is -0.315 e. The van der Waals surface area contributed by atoms with E-state index in [1.54, 1.807) is 0 Å². The van der Waals surface area contributed by atoms with E-state index in [0.717, 1.165) is 11.4 Å². The Bertz CT molecular complexity index is 838. The highest BCUT2D eigenvalue weighted by atomic mass is 35.5. The van der Waals surface area contributed by atoms with Crippen molar-refractivity contribution in [3.05, 3.63) is 47.4 Å². The SMILES string of the molecule is CN(C)Cc1cc(Nc2ncno2)nc(N(C)c2ccccc2Cl)n1. The fourth-order valence-electron chi connectivity index (χ4n) is 2.27. The van der Waals surface area contributed by atoms with Crippen LogP contribution in [-0.4, -0.2) is 46.2 Å². The average molecular weight is 360 g/mol. The molecule has 0 radical (unpaired) electrons. The summed E-state index contributed by atoms with van der Waals surface area (Å²) in [7, 11) is 5.82. The van der Waals surface area contributed by atoms with Crippen LogP contribution in [0.4, 0.5) is 23.5 Å². The minimum atomic E-state index is 0.265. The van der Waals surface area contributed by atoms with E-state index in [0.29, 0.717) is 23.3 Å². The quantitative estimate of drug-likeness (QED) is 0.718. The van der Waals surface area contributed by atoms with Gasteiger partial charge in [0.25, 0.3) is 0 Å². The highest BCUT2D eigenvalue weighted by Gasteiger charge is 2.14. The summed E-state index contributed by atoms with van der Waals surface area (Å²) in [6.07, 6.45) is 1.32. The first-order valence-corrected chi connectivity index (χ1v) is 7.95. The van der Waals surface area contributed by atoms with Crippen LogP contribution in [0, 0.1) is 0 Å². The molecule has 2 heterocycles. The summed E-state index contributed by atoms with van der Waals surface area (Å²) in [5.74, 6) is 1.07. The fourth-order valence-corrected chi connectivity index (χ4v) is 2.53. The maximum Gasteiger partial charge on any atom is 0.326 e. The third-order valence-corrected chi connectivity index (χ3v) is 3.68. The lowest BCUT2D eigenvalue weighted by Crippen LogP contribution is -2.18. The van der Waals surface area contributed by atoms with Gasteiger partial charge in [0.05, 0.1) is 16.4 Å². The average Bonchev–Trinajstić information content (AvgIpc) is 3.07. The number of para-hydroxylation sites is 1. The van der Waals surface area contributed by atoms with E-state index in [4.69, 9.17) is 16.1 Å². The molecule has 0 fully saturated rings. The Kier molecular flexibility index (Phi) is 5.11. The maximum absolute atomic E-state index is 6.29. The molecular formula is C16H18ClN7O. The fraction of sp³-hybridized carbons (Fsp3) is 0.250. The second kappa shape index (κ2) is 7.45. The lowest BCUT2D eigenvalue weighted by molar-refractivity contribution is 0.396. The van der Waals surface area contributed by atoms with Crippen molar-refractivity contribution in [2.45, 2.75) is 6.54 Å². The molecule has 0 aliphatic carbocycles. The normalized spacial score (nSPS) is 10.9. The molecule has 0 unspecified atom stereocenters. The molecule has 130 valence electrons. The molecule has 0 saturated heterocycles. The van der Waals surface area contributed by atoms with Crippen LogP contribution < -0.4 is 10.2 Å². The van der Waals surface area contributed by atoms with Gasteiger partial charge < -0.3 is 14.3 Å². The predicted octanol–water partition coefficient (Wildman–Crippen LogP) is 3.09. The molecule has 3 aromatic rings. The van der Waals surface area contributed by atoms with Crippen LogP contribution in [0.15, 0.2) is 41.2 Å². The van der Waals surface area contributed by atoms with Crippen LogP contribution in [0.5, 0.6) is 0 Å². The maximum atomic E-state index is 6.29. The summed E-state index contributed by atoms with van der Waals surface area (Å²) in [5, 5.41) is 7.19. The molecule has 9 heteroatoms. The van der Waals surface area contributed by atoms with Crippen molar-refractivity contribution in [2.24, 2.45) is 0 Å². The highest BCUT2D eigenvalue weighted by Crippen LogP contribution is 2.29. The Morgan fingerprint density at radius 2 is 1.96 bits per heavy atom. The van der Waals surface area contributed by atoms with Crippen LogP contribution >= 0.6 is 11.6 Å². The molecule has 0 aliphatic heterocycles. The summed E-state index contributed by atoms with van der Waals surface area (Å²) >= 11 is 6.29. The number of benzene rings is 1. The number of rotatable bonds is 6. The molecule has 0 spiro atoms. The van der Waals surface area contributed by atoms with Gasteiger partial charge in [0.1, 0.15) is 5.82 Å². The van der Waals surface area contributed by atoms with Gasteiger partial charge in [0.2, 0.25) is 5.95 Å². The molecule has 0 atom stereocenters. The Balaban J connectivity index is 1.97. The van der Waals surface area contributed by atoms with Gasteiger partial charge in [-0.3, -0.25) is 5.32 Å². The van der Waals surface area contributed by atoms with E-state index in [9.17, 15) is 0 Å². The number of anilines is 4. The first-order chi connectivity index (χ1) is 12.0. The topological polar surface area (TPSA) is 83.2 Å². The third-order valence-electron chi connectivity index (χ3n) is 3.36. The van der Waals surface area contributed by atoms with Crippen molar-refractivity contribution < 1.29 is 4.52 Å². The van der Waals surface area contributed by atoms with Crippen molar-refractivity contribution in [1.82, 2.24) is 25.0 Å². The number of hydrogen-bond donors (Lipinski definition) is 1. The second-order valence-corrected chi connectivity index (χ2v) is 6.07. The van der Waals surface area contributed by atoms with Crippen molar-refractivity contribution >= 4 is 35.1 Å². The molecule has 0 aliphatic rings. The van der Waals surface area contributed by atoms with Gasteiger partial charge in [0, 0.05) is 19.7 Å². The summed E-state index contributed by atoms with van der Waals surface area (Å²) in [6.45, 7) is 0.657. The highest BCUT2D eigenvalue weighted by molar-refractivity contribution is 6.33. The molecule has 3 rings (SSSR count). The summed E-state index contributed by atoms with van der Waals surface area (Å²) in [4.78, 5) is 17.0. The molecule has 2 aromatic heterocycles. The van der Waals surface area contributed by atoms with Gasteiger partial charge in [-0.05, 0) is 26.2 Å². The second-order valence-electron chi connectivity index (χ2n) is 5.66. The monoisotopic (exact) mass is 359 g/mol. The van der Waals surface area contributed by atoms with Gasteiger partial charge in [-0.25, -0.2) is 4.98 Å². The van der Waals surface area contributed by atoms with E-state index in [2.05, 4.69) is 25.4 Å². The van der Waals surface area contributed by atoms with Crippen LogP contribution in [0.25, 0.3) is 0 Å². The van der Waals surface area contributed by atoms with Gasteiger partial charge >= 0.3 is 6.01 Å². The number of nitrogens with one attached hydrogen (secondary N) is 1. The number of aromatic nitrogens is 4. The van der Waals surface area contributed by atoms with Crippen LogP contribution in [0.3, 0.4) is 0 Å². The van der Waals surface area contributed by atoms with Gasteiger partial charge in [0.15, 0.2) is 6.33 Å². The Hall–Kier alpha value is -2.71. The third kappa shape index (κ3) is 4.23. The summed E-state index contributed by atoms with van der Waals surface area (Å²) < 4.78 is 4.98. The van der Waals surface area contributed by atoms with Gasteiger partial charge in [-0.15, -0.1) is 0 Å². The zero-order valence-corrected chi connectivity index (χ0v) is 14.9. The zero-order valence-electron chi connectivity index (χ0n) is 14.1. The van der Waals surface area contributed by atoms with Crippen molar-refractivity contribution in [2.75, 3.05) is 31.4 Å². The van der Waals surface area contributed by atoms with Crippen molar-refractivity contribution in [1.29, 1.82) is 0 Å². The van der Waals surface area contributed by atoms with E-state index < -0.39 is 0 Å². The first kappa shape index (κ1) is 17.1. The largest absolute Gasteiger partial charge is 0.326 e. The van der Waals surface area contributed by atoms with Crippen LogP contribution in [0.2, 0.25) is 5.02 Å². The zero-order chi connectivity index (χ0) is 17.8. The molecule has 8 nitrogen and oxygen atoms in total. The first-order valence-electron chi connectivity index (χ1n) is 7.57. The molecule has 1 N–H and O–H groups in total. The molecular weight excluding hydrogens is 342 g/mol. The lowest BCUT2D eigenvalue weighted by Gasteiger charge is -2.20. The smallest absolute Gasteiger partial charge is 0.315 e. The van der Waals surface area contributed by atoms with Crippen molar-refractivity contribution in [3.63, 3.8) is 0 Å². The van der Waals surface area contributed by atoms with E-state index in [1.165, 1.54) is 6.33 Å². The van der Waals surface area contributed by atoms with E-state index in [-0.39, 0.29) is 6.01 Å². The molecule has 0 bridgehead atoms. The van der Waals surface area contributed by atoms with Gasteiger partial charge in [-0.2, -0.15) is 9.97 Å².